The fourth-order valence-corrected chi connectivity index (χ4v) is 3.15. The van der Waals surface area contributed by atoms with Gasteiger partial charge in [0.15, 0.2) is 11.5 Å². The van der Waals surface area contributed by atoms with Gasteiger partial charge in [0, 0.05) is 24.2 Å². The first kappa shape index (κ1) is 17.0. The highest BCUT2D eigenvalue weighted by Gasteiger charge is 2.23. The van der Waals surface area contributed by atoms with Gasteiger partial charge in [0.1, 0.15) is 4.90 Å². The van der Waals surface area contributed by atoms with Gasteiger partial charge in [0.2, 0.25) is 10.0 Å². The van der Waals surface area contributed by atoms with E-state index in [-0.39, 0.29) is 22.2 Å². The molecule has 0 unspecified atom stereocenters. The molecule has 0 aromatic heterocycles. The van der Waals surface area contributed by atoms with Crippen LogP contribution in [0.15, 0.2) is 17.0 Å². The molecule has 0 atom stereocenters. The molecule has 1 rings (SSSR count). The van der Waals surface area contributed by atoms with E-state index in [9.17, 15) is 8.42 Å². The highest BCUT2D eigenvalue weighted by atomic mass is 35.5. The van der Waals surface area contributed by atoms with Crippen LogP contribution in [-0.4, -0.2) is 34.7 Å². The molecule has 6 nitrogen and oxygen atoms in total. The van der Waals surface area contributed by atoms with Crippen LogP contribution in [-0.2, 0) is 10.0 Å². The topological polar surface area (TPSA) is 90.7 Å². The van der Waals surface area contributed by atoms with Crippen molar-refractivity contribution in [2.24, 2.45) is 5.73 Å². The summed E-state index contributed by atoms with van der Waals surface area (Å²) in [5.41, 5.74) is 5.09. The second kappa shape index (κ2) is 6.17. The van der Waals surface area contributed by atoms with Crippen molar-refractivity contribution >= 4 is 21.6 Å². The predicted octanol–water partition coefficient (Wildman–Crippen LogP) is 1.37. The van der Waals surface area contributed by atoms with E-state index < -0.39 is 15.6 Å². The second-order valence-corrected chi connectivity index (χ2v) is 7.09. The third-order valence-electron chi connectivity index (χ3n) is 2.45. The zero-order valence-electron chi connectivity index (χ0n) is 11.9. The van der Waals surface area contributed by atoms with Gasteiger partial charge >= 0.3 is 0 Å². The van der Waals surface area contributed by atoms with Crippen LogP contribution in [0.1, 0.15) is 13.8 Å². The normalized spacial score (nSPS) is 12.3. The monoisotopic (exact) mass is 322 g/mol. The van der Waals surface area contributed by atoms with E-state index >= 15 is 0 Å². The van der Waals surface area contributed by atoms with Gasteiger partial charge in [-0.2, -0.15) is 0 Å². The number of hydrogen-bond acceptors (Lipinski definition) is 5. The predicted molar refractivity (Wildman–Crippen MR) is 78.0 cm³/mol. The Kier molecular flexibility index (Phi) is 5.26. The van der Waals surface area contributed by atoms with Crippen LogP contribution in [0.5, 0.6) is 11.5 Å². The number of hydrogen-bond donors (Lipinski definition) is 2. The summed E-state index contributed by atoms with van der Waals surface area (Å²) in [4.78, 5) is -0.0823. The third kappa shape index (κ3) is 4.24. The number of halogens is 1. The summed E-state index contributed by atoms with van der Waals surface area (Å²) in [6.07, 6.45) is 0. The number of benzene rings is 1. The summed E-state index contributed by atoms with van der Waals surface area (Å²) in [6, 6.07) is 2.70. The molecule has 1 aromatic rings. The Labute approximate surface area is 124 Å². The molecule has 0 heterocycles. The van der Waals surface area contributed by atoms with Crippen LogP contribution in [0, 0.1) is 0 Å². The zero-order chi connectivity index (χ0) is 15.6. The van der Waals surface area contributed by atoms with E-state index in [0.29, 0.717) is 5.75 Å². The number of ether oxygens (including phenoxy) is 2. The summed E-state index contributed by atoms with van der Waals surface area (Å²) in [7, 11) is -0.922. The van der Waals surface area contributed by atoms with E-state index in [2.05, 4.69) is 4.72 Å². The minimum atomic E-state index is -3.78. The Morgan fingerprint density at radius 3 is 2.20 bits per heavy atom. The Hall–Kier alpha value is -1.02. The molecule has 3 N–H and O–H groups in total. The third-order valence-corrected chi connectivity index (χ3v) is 4.31. The first-order chi connectivity index (χ1) is 9.10. The van der Waals surface area contributed by atoms with Gasteiger partial charge in [-0.3, -0.25) is 0 Å². The van der Waals surface area contributed by atoms with E-state index in [0.717, 1.165) is 0 Å². The lowest BCUT2D eigenvalue weighted by Gasteiger charge is -2.19. The van der Waals surface area contributed by atoms with Crippen LogP contribution in [0.3, 0.4) is 0 Å². The maximum absolute atomic E-state index is 12.2. The number of methoxy groups -OCH3 is 2. The van der Waals surface area contributed by atoms with E-state index in [4.69, 9.17) is 26.8 Å². The van der Waals surface area contributed by atoms with Crippen LogP contribution in [0.25, 0.3) is 0 Å². The van der Waals surface area contributed by atoms with E-state index in [1.165, 1.54) is 26.4 Å². The summed E-state index contributed by atoms with van der Waals surface area (Å²) >= 11 is 5.99. The Balaban J connectivity index is 3.18. The quantitative estimate of drug-likeness (QED) is 0.825. The van der Waals surface area contributed by atoms with Crippen LogP contribution >= 0.6 is 11.6 Å². The maximum atomic E-state index is 12.2. The van der Waals surface area contributed by atoms with Gasteiger partial charge in [-0.15, -0.1) is 0 Å². The molecule has 0 bridgehead atoms. The maximum Gasteiger partial charge on any atom is 0.242 e. The highest BCUT2D eigenvalue weighted by molar-refractivity contribution is 7.89. The Morgan fingerprint density at radius 1 is 1.25 bits per heavy atom. The molecule has 0 fully saturated rings. The molecule has 114 valence electrons. The van der Waals surface area contributed by atoms with Crippen molar-refractivity contribution in [3.63, 3.8) is 0 Å². The van der Waals surface area contributed by atoms with Gasteiger partial charge in [-0.25, -0.2) is 13.1 Å². The number of rotatable bonds is 6. The lowest BCUT2D eigenvalue weighted by Crippen LogP contribution is -2.45. The molecule has 0 spiro atoms. The van der Waals surface area contributed by atoms with Crippen molar-refractivity contribution in [1.29, 1.82) is 0 Å². The molecule has 0 amide bonds. The lowest BCUT2D eigenvalue weighted by atomic mass is 10.1. The molecule has 0 aliphatic rings. The van der Waals surface area contributed by atoms with Crippen molar-refractivity contribution in [2.75, 3.05) is 20.8 Å². The average Bonchev–Trinajstić information content (AvgIpc) is 2.35. The molecule has 0 aliphatic carbocycles. The van der Waals surface area contributed by atoms with Crippen LogP contribution in [0.4, 0.5) is 0 Å². The molecule has 8 heteroatoms. The summed E-state index contributed by atoms with van der Waals surface area (Å²) in [5, 5.41) is 0.0463. The van der Waals surface area contributed by atoms with Crippen LogP contribution < -0.4 is 19.9 Å². The van der Waals surface area contributed by atoms with Crippen molar-refractivity contribution < 1.29 is 17.9 Å². The molecule has 20 heavy (non-hydrogen) atoms. The van der Waals surface area contributed by atoms with Crippen LogP contribution in [0.2, 0.25) is 5.02 Å². The van der Waals surface area contributed by atoms with Gasteiger partial charge in [0.05, 0.1) is 19.2 Å². The minimum Gasteiger partial charge on any atom is -0.493 e. The van der Waals surface area contributed by atoms with E-state index in [1.807, 2.05) is 0 Å². The lowest BCUT2D eigenvalue weighted by molar-refractivity contribution is 0.354. The smallest absolute Gasteiger partial charge is 0.242 e. The molecule has 0 saturated heterocycles. The molecule has 0 aliphatic heterocycles. The van der Waals surface area contributed by atoms with Crippen molar-refractivity contribution in [2.45, 2.75) is 24.3 Å². The summed E-state index contributed by atoms with van der Waals surface area (Å²) in [6.45, 7) is 3.51. The fraction of sp³-hybridized carbons (Fsp3) is 0.500. The first-order valence-electron chi connectivity index (χ1n) is 5.81. The van der Waals surface area contributed by atoms with Gasteiger partial charge in [0.25, 0.3) is 0 Å². The SMILES string of the molecule is COc1cc(Cl)c(S(=O)(=O)NCC(C)(C)N)cc1OC. The number of nitrogens with one attached hydrogen (secondary N) is 1. The largest absolute Gasteiger partial charge is 0.493 e. The van der Waals surface area contributed by atoms with Crippen molar-refractivity contribution in [3.8, 4) is 11.5 Å². The zero-order valence-corrected chi connectivity index (χ0v) is 13.4. The molecule has 1 aromatic carbocycles. The fourth-order valence-electron chi connectivity index (χ4n) is 1.40. The van der Waals surface area contributed by atoms with Gasteiger partial charge in [-0.05, 0) is 13.8 Å². The van der Waals surface area contributed by atoms with Gasteiger partial charge < -0.3 is 15.2 Å². The summed E-state index contributed by atoms with van der Waals surface area (Å²) in [5.74, 6) is 0.639. The first-order valence-corrected chi connectivity index (χ1v) is 7.67. The number of sulfonamides is 1. The molecular formula is C12H19ClN2O4S. The minimum absolute atomic E-state index is 0.0463. The standard InChI is InChI=1S/C12H19ClN2O4S/c1-12(2,14)7-15-20(16,17)11-6-10(19-4)9(18-3)5-8(11)13/h5-6,15H,7,14H2,1-4H3. The van der Waals surface area contributed by atoms with Crippen molar-refractivity contribution in [3.05, 3.63) is 17.2 Å². The summed E-state index contributed by atoms with van der Waals surface area (Å²) < 4.78 is 37.0. The number of nitrogens with two attached hydrogens (primary N) is 1. The molecule has 0 saturated carbocycles. The average molecular weight is 323 g/mol. The molecule has 0 radical (unpaired) electrons. The highest BCUT2D eigenvalue weighted by Crippen LogP contribution is 2.35. The van der Waals surface area contributed by atoms with Crippen molar-refractivity contribution in [1.82, 2.24) is 4.72 Å². The van der Waals surface area contributed by atoms with E-state index in [1.54, 1.807) is 13.8 Å². The Bertz CT molecular complexity index is 582. The van der Waals surface area contributed by atoms with Gasteiger partial charge in [-0.1, -0.05) is 11.6 Å². The molecular weight excluding hydrogens is 304 g/mol. The Morgan fingerprint density at radius 2 is 1.75 bits per heavy atom. The second-order valence-electron chi connectivity index (χ2n) is 4.95.